The normalized spacial score (nSPS) is 11.0. The predicted octanol–water partition coefficient (Wildman–Crippen LogP) is 3.24. The van der Waals surface area contributed by atoms with Crippen molar-refractivity contribution >= 4 is 38.7 Å². The molecule has 0 aliphatic carbocycles. The molecule has 0 saturated carbocycles. The number of rotatable bonds is 5. The summed E-state index contributed by atoms with van der Waals surface area (Å²) < 4.78 is 35.1. The van der Waals surface area contributed by atoms with Crippen molar-refractivity contribution in [1.29, 1.82) is 0 Å². The first kappa shape index (κ1) is 16.8. The molecule has 0 spiro atoms. The molecule has 0 fully saturated rings. The Bertz CT molecular complexity index is 769. The molecule has 0 bridgehead atoms. The second kappa shape index (κ2) is 7.10. The molecule has 0 unspecified atom stereocenters. The largest absolute Gasteiger partial charge is 0.462 e. The fourth-order valence-electron chi connectivity index (χ4n) is 1.67. The molecule has 2 aromatic rings. The van der Waals surface area contributed by atoms with Gasteiger partial charge in [0.1, 0.15) is 10.6 Å². The monoisotopic (exact) mass is 432 g/mol. The zero-order valence-corrected chi connectivity index (χ0v) is 14.6. The van der Waals surface area contributed by atoms with Crippen molar-refractivity contribution in [2.75, 3.05) is 6.61 Å². The molecular weight excluding hydrogens is 419 g/mol. The van der Waals surface area contributed by atoms with Crippen LogP contribution in [0.25, 0.3) is 0 Å². The molecule has 2 rings (SSSR count). The van der Waals surface area contributed by atoms with Gasteiger partial charge < -0.3 is 8.92 Å². The Morgan fingerprint density at radius 1 is 1.14 bits per heavy atom. The van der Waals surface area contributed by atoms with Gasteiger partial charge in [-0.2, -0.15) is 8.42 Å². The first-order valence-electron chi connectivity index (χ1n) is 6.39. The summed E-state index contributed by atoms with van der Waals surface area (Å²) in [6.45, 7) is 1.96. The number of benzene rings is 2. The highest BCUT2D eigenvalue weighted by Crippen LogP contribution is 2.21. The van der Waals surface area contributed by atoms with Crippen LogP contribution in [0.1, 0.15) is 17.3 Å². The standard InChI is InChI=1S/C15H13IO5S/c1-2-20-15(17)11-6-8-14(9-7-11)22(18,19)21-13-5-3-4-12(16)10-13/h3-10H,2H2,1H3. The highest BCUT2D eigenvalue weighted by Gasteiger charge is 2.17. The first-order chi connectivity index (χ1) is 10.4. The zero-order chi connectivity index (χ0) is 16.2. The molecular formula is C15H13IO5S. The maximum atomic E-state index is 12.2. The van der Waals surface area contributed by atoms with Crippen LogP contribution < -0.4 is 4.18 Å². The maximum Gasteiger partial charge on any atom is 0.339 e. The van der Waals surface area contributed by atoms with Crippen LogP contribution in [0.3, 0.4) is 0 Å². The average molecular weight is 432 g/mol. The van der Waals surface area contributed by atoms with E-state index in [1.54, 1.807) is 25.1 Å². The Hall–Kier alpha value is -1.61. The fourth-order valence-corrected chi connectivity index (χ4v) is 3.10. The van der Waals surface area contributed by atoms with Crippen molar-refractivity contribution in [3.05, 3.63) is 57.7 Å². The number of carbonyl (C=O) groups excluding carboxylic acids is 1. The number of esters is 1. The maximum absolute atomic E-state index is 12.2. The van der Waals surface area contributed by atoms with Gasteiger partial charge in [-0.15, -0.1) is 0 Å². The summed E-state index contributed by atoms with van der Waals surface area (Å²) in [5.41, 5.74) is 0.287. The van der Waals surface area contributed by atoms with Crippen LogP contribution in [-0.2, 0) is 14.9 Å². The minimum absolute atomic E-state index is 0.0283. The van der Waals surface area contributed by atoms with E-state index in [-0.39, 0.29) is 22.8 Å². The Balaban J connectivity index is 2.21. The van der Waals surface area contributed by atoms with Crippen LogP contribution in [0.2, 0.25) is 0 Å². The summed E-state index contributed by atoms with van der Waals surface area (Å²) in [5, 5.41) is 0. The summed E-state index contributed by atoms with van der Waals surface area (Å²) in [6, 6.07) is 12.1. The Morgan fingerprint density at radius 3 is 2.41 bits per heavy atom. The minimum Gasteiger partial charge on any atom is -0.462 e. The molecule has 5 nitrogen and oxygen atoms in total. The van der Waals surface area contributed by atoms with Gasteiger partial charge in [0.2, 0.25) is 0 Å². The van der Waals surface area contributed by atoms with Crippen LogP contribution in [0.5, 0.6) is 5.75 Å². The van der Waals surface area contributed by atoms with Gasteiger partial charge in [-0.05, 0) is 72.0 Å². The van der Waals surface area contributed by atoms with E-state index >= 15 is 0 Å². The lowest BCUT2D eigenvalue weighted by atomic mass is 10.2. The van der Waals surface area contributed by atoms with Gasteiger partial charge in [0.05, 0.1) is 12.2 Å². The number of halogens is 1. The van der Waals surface area contributed by atoms with Crippen molar-refractivity contribution in [1.82, 2.24) is 0 Å². The highest BCUT2D eigenvalue weighted by atomic mass is 127. The van der Waals surface area contributed by atoms with Crippen LogP contribution in [0.15, 0.2) is 53.4 Å². The van der Waals surface area contributed by atoms with E-state index in [1.807, 2.05) is 6.07 Å². The highest BCUT2D eigenvalue weighted by molar-refractivity contribution is 14.1. The van der Waals surface area contributed by atoms with Gasteiger partial charge in [0.15, 0.2) is 0 Å². The first-order valence-corrected chi connectivity index (χ1v) is 8.88. The molecule has 0 N–H and O–H groups in total. The van der Waals surface area contributed by atoms with Gasteiger partial charge >= 0.3 is 16.1 Å². The molecule has 0 aliphatic heterocycles. The third kappa shape index (κ3) is 4.20. The van der Waals surface area contributed by atoms with Crippen molar-refractivity contribution in [2.24, 2.45) is 0 Å². The molecule has 116 valence electrons. The molecule has 0 heterocycles. The lowest BCUT2D eigenvalue weighted by molar-refractivity contribution is 0.0526. The Morgan fingerprint density at radius 2 is 1.82 bits per heavy atom. The van der Waals surface area contributed by atoms with Gasteiger partial charge in [0, 0.05) is 3.57 Å². The molecule has 7 heteroatoms. The molecule has 0 aliphatic rings. The van der Waals surface area contributed by atoms with Crippen molar-refractivity contribution in [3.63, 3.8) is 0 Å². The van der Waals surface area contributed by atoms with Gasteiger partial charge in [-0.3, -0.25) is 0 Å². The van der Waals surface area contributed by atoms with E-state index < -0.39 is 16.1 Å². The topological polar surface area (TPSA) is 69.7 Å². The number of carbonyl (C=O) groups is 1. The third-order valence-corrected chi connectivity index (χ3v) is 4.59. The quantitative estimate of drug-likeness (QED) is 0.412. The van der Waals surface area contributed by atoms with Crippen LogP contribution in [-0.4, -0.2) is 21.0 Å². The fraction of sp³-hybridized carbons (Fsp3) is 0.133. The average Bonchev–Trinajstić information content (AvgIpc) is 2.47. The summed E-state index contributed by atoms with van der Waals surface area (Å²) in [6.07, 6.45) is 0. The zero-order valence-electron chi connectivity index (χ0n) is 11.7. The molecule has 0 radical (unpaired) electrons. The number of hydrogen-bond acceptors (Lipinski definition) is 5. The van der Waals surface area contributed by atoms with E-state index in [9.17, 15) is 13.2 Å². The Kier molecular flexibility index (Phi) is 5.41. The summed E-state index contributed by atoms with van der Waals surface area (Å²) in [4.78, 5) is 11.5. The molecule has 0 amide bonds. The van der Waals surface area contributed by atoms with Crippen LogP contribution in [0, 0.1) is 3.57 Å². The molecule has 22 heavy (non-hydrogen) atoms. The van der Waals surface area contributed by atoms with Gasteiger partial charge in [-0.1, -0.05) is 6.07 Å². The minimum atomic E-state index is -3.94. The van der Waals surface area contributed by atoms with E-state index in [4.69, 9.17) is 8.92 Å². The summed E-state index contributed by atoms with van der Waals surface area (Å²) in [5.74, 6) is -0.258. The molecule has 0 aromatic heterocycles. The Labute approximate surface area is 142 Å². The smallest absolute Gasteiger partial charge is 0.339 e. The summed E-state index contributed by atoms with van der Waals surface area (Å²) in [7, 11) is -3.94. The lowest BCUT2D eigenvalue weighted by Crippen LogP contribution is -2.10. The number of ether oxygens (including phenoxy) is 1. The van der Waals surface area contributed by atoms with Crippen molar-refractivity contribution < 1.29 is 22.1 Å². The second-order valence-corrected chi connectivity index (χ2v) is 7.03. The van der Waals surface area contributed by atoms with E-state index in [1.165, 1.54) is 24.3 Å². The molecule has 0 saturated heterocycles. The predicted molar refractivity (Wildman–Crippen MR) is 89.4 cm³/mol. The van der Waals surface area contributed by atoms with Crippen LogP contribution >= 0.6 is 22.6 Å². The van der Waals surface area contributed by atoms with Gasteiger partial charge in [-0.25, -0.2) is 4.79 Å². The van der Waals surface area contributed by atoms with E-state index in [2.05, 4.69) is 22.6 Å². The van der Waals surface area contributed by atoms with Crippen molar-refractivity contribution in [2.45, 2.75) is 11.8 Å². The van der Waals surface area contributed by atoms with E-state index in [0.29, 0.717) is 0 Å². The SMILES string of the molecule is CCOC(=O)c1ccc(S(=O)(=O)Oc2cccc(I)c2)cc1. The molecule has 2 aromatic carbocycles. The van der Waals surface area contributed by atoms with E-state index in [0.717, 1.165) is 3.57 Å². The lowest BCUT2D eigenvalue weighted by Gasteiger charge is -2.08. The van der Waals surface area contributed by atoms with Gasteiger partial charge in [0.25, 0.3) is 0 Å². The van der Waals surface area contributed by atoms with Crippen molar-refractivity contribution in [3.8, 4) is 5.75 Å². The molecule has 0 atom stereocenters. The third-order valence-electron chi connectivity index (χ3n) is 2.66. The second-order valence-electron chi connectivity index (χ2n) is 4.24. The summed E-state index contributed by atoms with van der Waals surface area (Å²) >= 11 is 2.06. The van der Waals surface area contributed by atoms with Crippen LogP contribution in [0.4, 0.5) is 0 Å². The number of hydrogen-bond donors (Lipinski definition) is 0.